The highest BCUT2D eigenvalue weighted by molar-refractivity contribution is 6.28. The summed E-state index contributed by atoms with van der Waals surface area (Å²) in [6, 6.07) is 14.0. The van der Waals surface area contributed by atoms with E-state index in [9.17, 15) is 0 Å². The molecule has 1 aliphatic carbocycles. The van der Waals surface area contributed by atoms with Gasteiger partial charge < -0.3 is 4.42 Å². The van der Waals surface area contributed by atoms with Gasteiger partial charge >= 0.3 is 0 Å². The van der Waals surface area contributed by atoms with E-state index in [1.54, 1.807) is 0 Å². The summed E-state index contributed by atoms with van der Waals surface area (Å²) in [5.41, 5.74) is 3.49. The second-order valence-electron chi connectivity index (χ2n) is 6.19. The smallest absolute Gasteiger partial charge is 0.226 e. The van der Waals surface area contributed by atoms with Gasteiger partial charge in [-0.05, 0) is 42.1 Å². The minimum Gasteiger partial charge on any atom is -0.455 e. The lowest BCUT2D eigenvalue weighted by Crippen LogP contribution is -2.01. The normalized spacial score (nSPS) is 14.1. The van der Waals surface area contributed by atoms with Gasteiger partial charge in [0, 0.05) is 10.8 Å². The van der Waals surface area contributed by atoms with Gasteiger partial charge in [0.1, 0.15) is 11.2 Å². The molecule has 0 amide bonds. The molecule has 4 aromatic rings. The van der Waals surface area contributed by atoms with Crippen LogP contribution in [0.2, 0.25) is 5.28 Å². The first kappa shape index (κ1) is 15.3. The largest absolute Gasteiger partial charge is 0.455 e. The first-order valence-corrected chi connectivity index (χ1v) is 8.86. The van der Waals surface area contributed by atoms with Gasteiger partial charge in [-0.1, -0.05) is 48.6 Å². The molecule has 5 heteroatoms. The van der Waals surface area contributed by atoms with Crippen molar-refractivity contribution in [3.8, 4) is 11.4 Å². The van der Waals surface area contributed by atoms with Crippen molar-refractivity contribution in [2.24, 2.45) is 0 Å². The Labute approximate surface area is 154 Å². The number of nitrogens with zero attached hydrogens (tertiary/aromatic N) is 3. The van der Waals surface area contributed by atoms with Crippen LogP contribution < -0.4 is 0 Å². The molecule has 0 aliphatic heterocycles. The van der Waals surface area contributed by atoms with Crippen molar-refractivity contribution in [1.29, 1.82) is 0 Å². The Morgan fingerprint density at radius 2 is 1.73 bits per heavy atom. The Kier molecular flexibility index (Phi) is 3.57. The van der Waals surface area contributed by atoms with Crippen LogP contribution in [0.3, 0.4) is 0 Å². The zero-order valence-electron chi connectivity index (χ0n) is 13.8. The standard InChI is InChI=1S/C21H14ClN3O/c22-21-24-19(13-7-2-1-3-8-13)23-20(25-21)16-11-6-10-15-14-9-4-5-12-17(14)26-18(15)16/h1-2,4-7,9-12H,3,8H2. The number of furan rings is 1. The van der Waals surface area contributed by atoms with Gasteiger partial charge in [0.25, 0.3) is 0 Å². The van der Waals surface area contributed by atoms with Crippen LogP contribution in [-0.2, 0) is 0 Å². The van der Waals surface area contributed by atoms with Crippen LogP contribution in [0.5, 0.6) is 0 Å². The first-order valence-electron chi connectivity index (χ1n) is 8.48. The minimum absolute atomic E-state index is 0.188. The number of rotatable bonds is 2. The van der Waals surface area contributed by atoms with Crippen LogP contribution in [0.1, 0.15) is 18.7 Å². The molecule has 0 atom stereocenters. The highest BCUT2D eigenvalue weighted by Crippen LogP contribution is 2.35. The van der Waals surface area contributed by atoms with Gasteiger partial charge in [-0.3, -0.25) is 0 Å². The third-order valence-electron chi connectivity index (χ3n) is 4.55. The Hall–Kier alpha value is -2.98. The quantitative estimate of drug-likeness (QED) is 0.452. The molecule has 0 N–H and O–H groups in total. The van der Waals surface area contributed by atoms with E-state index in [0.717, 1.165) is 45.9 Å². The summed E-state index contributed by atoms with van der Waals surface area (Å²) in [4.78, 5) is 13.4. The number of benzene rings is 2. The molecule has 0 spiro atoms. The van der Waals surface area contributed by atoms with E-state index in [1.807, 2.05) is 48.6 Å². The van der Waals surface area contributed by atoms with Gasteiger partial charge in [-0.2, -0.15) is 9.97 Å². The van der Waals surface area contributed by atoms with Gasteiger partial charge in [-0.25, -0.2) is 4.98 Å². The van der Waals surface area contributed by atoms with Gasteiger partial charge in [-0.15, -0.1) is 0 Å². The molecule has 2 aromatic heterocycles. The second-order valence-corrected chi connectivity index (χ2v) is 6.53. The summed E-state index contributed by atoms with van der Waals surface area (Å²) in [6.07, 6.45) is 8.05. The Bertz CT molecular complexity index is 1210. The fourth-order valence-electron chi connectivity index (χ4n) is 3.33. The second kappa shape index (κ2) is 6.07. The summed E-state index contributed by atoms with van der Waals surface area (Å²) in [5.74, 6) is 1.15. The predicted molar refractivity (Wildman–Crippen MR) is 104 cm³/mol. The summed E-state index contributed by atoms with van der Waals surface area (Å²) < 4.78 is 6.09. The number of hydrogen-bond donors (Lipinski definition) is 0. The van der Waals surface area contributed by atoms with Crippen LogP contribution in [0.15, 0.2) is 65.1 Å². The van der Waals surface area contributed by atoms with Crippen molar-refractivity contribution in [2.45, 2.75) is 12.8 Å². The number of aromatic nitrogens is 3. The molecule has 0 unspecified atom stereocenters. The van der Waals surface area contributed by atoms with Crippen LogP contribution >= 0.6 is 11.6 Å². The van der Waals surface area contributed by atoms with E-state index in [0.29, 0.717) is 11.6 Å². The van der Waals surface area contributed by atoms with Crippen molar-refractivity contribution >= 4 is 39.1 Å². The molecular formula is C21H14ClN3O. The van der Waals surface area contributed by atoms with Gasteiger partial charge in [0.15, 0.2) is 11.6 Å². The summed E-state index contributed by atoms with van der Waals surface area (Å²) in [5, 5.41) is 2.30. The number of hydrogen-bond acceptors (Lipinski definition) is 4. The molecule has 4 nitrogen and oxygen atoms in total. The first-order chi connectivity index (χ1) is 12.8. The van der Waals surface area contributed by atoms with Crippen molar-refractivity contribution < 1.29 is 4.42 Å². The van der Waals surface area contributed by atoms with Crippen molar-refractivity contribution in [1.82, 2.24) is 15.0 Å². The Balaban J connectivity index is 1.74. The highest BCUT2D eigenvalue weighted by Gasteiger charge is 2.17. The molecule has 0 radical (unpaired) electrons. The zero-order chi connectivity index (χ0) is 17.5. The molecule has 2 aromatic carbocycles. The van der Waals surface area contributed by atoms with E-state index < -0.39 is 0 Å². The third-order valence-corrected chi connectivity index (χ3v) is 4.72. The zero-order valence-corrected chi connectivity index (χ0v) is 14.6. The monoisotopic (exact) mass is 359 g/mol. The fourth-order valence-corrected chi connectivity index (χ4v) is 3.49. The number of halogens is 1. The molecule has 126 valence electrons. The fraction of sp³-hybridized carbons (Fsp3) is 0.0952. The van der Waals surface area contributed by atoms with Crippen LogP contribution in [-0.4, -0.2) is 15.0 Å². The summed E-state index contributed by atoms with van der Waals surface area (Å²) in [7, 11) is 0. The van der Waals surface area contributed by atoms with Gasteiger partial charge in [0.05, 0.1) is 5.56 Å². The third kappa shape index (κ3) is 2.50. The van der Waals surface area contributed by atoms with Crippen LogP contribution in [0, 0.1) is 0 Å². The molecule has 0 saturated carbocycles. The maximum atomic E-state index is 6.21. The van der Waals surface area contributed by atoms with E-state index in [-0.39, 0.29) is 5.28 Å². The van der Waals surface area contributed by atoms with Crippen molar-refractivity contribution in [3.63, 3.8) is 0 Å². The van der Waals surface area contributed by atoms with E-state index in [2.05, 4.69) is 27.1 Å². The van der Waals surface area contributed by atoms with Gasteiger partial charge in [0.2, 0.25) is 5.28 Å². The molecule has 5 rings (SSSR count). The van der Waals surface area contributed by atoms with E-state index in [4.69, 9.17) is 16.0 Å². The lowest BCUT2D eigenvalue weighted by atomic mass is 10.0. The maximum absolute atomic E-state index is 6.21. The molecule has 26 heavy (non-hydrogen) atoms. The van der Waals surface area contributed by atoms with E-state index in [1.165, 1.54) is 0 Å². The molecule has 1 aliphatic rings. The number of fused-ring (bicyclic) bond motifs is 3. The molecule has 0 bridgehead atoms. The average Bonchev–Trinajstić information content (AvgIpc) is 3.07. The predicted octanol–water partition coefficient (Wildman–Crippen LogP) is 5.82. The summed E-state index contributed by atoms with van der Waals surface area (Å²) in [6.45, 7) is 0. The topological polar surface area (TPSA) is 51.8 Å². The number of para-hydroxylation sites is 2. The average molecular weight is 360 g/mol. The highest BCUT2D eigenvalue weighted by atomic mass is 35.5. The number of allylic oxidation sites excluding steroid dienone is 4. The molecule has 0 saturated heterocycles. The van der Waals surface area contributed by atoms with Crippen molar-refractivity contribution in [2.75, 3.05) is 0 Å². The van der Waals surface area contributed by atoms with Crippen LogP contribution in [0.25, 0.3) is 38.9 Å². The molecule has 2 heterocycles. The minimum atomic E-state index is 0.188. The Morgan fingerprint density at radius 1 is 0.885 bits per heavy atom. The lowest BCUT2D eigenvalue weighted by molar-refractivity contribution is 0.669. The molecule has 0 fully saturated rings. The lowest BCUT2D eigenvalue weighted by Gasteiger charge is -2.09. The Morgan fingerprint density at radius 3 is 2.62 bits per heavy atom. The van der Waals surface area contributed by atoms with E-state index >= 15 is 0 Å². The van der Waals surface area contributed by atoms with Crippen LogP contribution in [0.4, 0.5) is 0 Å². The molecular weight excluding hydrogens is 346 g/mol. The van der Waals surface area contributed by atoms with Crippen molar-refractivity contribution in [3.05, 3.63) is 71.8 Å². The maximum Gasteiger partial charge on any atom is 0.226 e. The summed E-state index contributed by atoms with van der Waals surface area (Å²) >= 11 is 6.21. The SMILES string of the molecule is Clc1nc(C2=CC=CCC2)nc(-c2cccc3c2oc2ccccc23)n1.